The van der Waals surface area contributed by atoms with Crippen LogP contribution < -0.4 is 0 Å². The molecule has 46 heavy (non-hydrogen) atoms. The first-order valence-corrected chi connectivity index (χ1v) is 15.7. The highest BCUT2D eigenvalue weighted by Crippen LogP contribution is 2.56. The molecular formula is C26H26F2O17S. The molecule has 20 heteroatoms. The van der Waals surface area contributed by atoms with Crippen molar-refractivity contribution in [2.75, 3.05) is 13.2 Å². The van der Waals surface area contributed by atoms with Crippen LogP contribution in [0.25, 0.3) is 0 Å². The van der Waals surface area contributed by atoms with E-state index < -0.39 is 101 Å². The molecule has 4 aliphatic carbocycles. The Morgan fingerprint density at radius 3 is 1.76 bits per heavy atom. The van der Waals surface area contributed by atoms with Crippen LogP contribution in [0.15, 0.2) is 0 Å². The van der Waals surface area contributed by atoms with Gasteiger partial charge in [0.2, 0.25) is 6.10 Å². The summed E-state index contributed by atoms with van der Waals surface area (Å²) in [7, 11) is -6.38. The van der Waals surface area contributed by atoms with E-state index in [2.05, 4.69) is 14.2 Å². The van der Waals surface area contributed by atoms with Gasteiger partial charge < -0.3 is 33.2 Å². The molecule has 6 fully saturated rings. The maximum absolute atomic E-state index is 13.8. The van der Waals surface area contributed by atoms with Crippen molar-refractivity contribution in [2.45, 2.75) is 67.9 Å². The second-order valence-electron chi connectivity index (χ2n) is 12.1. The lowest BCUT2D eigenvalue weighted by Gasteiger charge is -2.25. The van der Waals surface area contributed by atoms with Gasteiger partial charge in [-0.25, -0.2) is 19.2 Å². The molecule has 252 valence electrons. The highest BCUT2D eigenvalue weighted by Gasteiger charge is 2.64. The van der Waals surface area contributed by atoms with E-state index in [4.69, 9.17) is 23.5 Å². The van der Waals surface area contributed by atoms with Crippen molar-refractivity contribution >= 4 is 51.9 Å². The van der Waals surface area contributed by atoms with Gasteiger partial charge in [-0.2, -0.15) is 17.2 Å². The van der Waals surface area contributed by atoms with Crippen LogP contribution in [-0.4, -0.2) is 104 Å². The van der Waals surface area contributed by atoms with E-state index in [1.807, 2.05) is 0 Å². The predicted octanol–water partition coefficient (Wildman–Crippen LogP) is -1.16. The molecule has 2 heterocycles. The Bertz CT molecular complexity index is 1490. The first-order chi connectivity index (χ1) is 21.5. The first-order valence-electron chi connectivity index (χ1n) is 14.2. The Balaban J connectivity index is 1.02. The number of fused-ring (bicyclic) bond motifs is 2. The number of hydrogen-bond donors (Lipinski definition) is 1. The molecule has 0 spiro atoms. The molecule has 1 N–H and O–H groups in total. The summed E-state index contributed by atoms with van der Waals surface area (Å²) in [5.41, 5.74) is 0. The smallest absolute Gasteiger partial charge is 0.458 e. The van der Waals surface area contributed by atoms with Gasteiger partial charge in [-0.3, -0.25) is 18.9 Å². The number of ether oxygens (including phenoxy) is 7. The zero-order valence-corrected chi connectivity index (χ0v) is 24.3. The van der Waals surface area contributed by atoms with Gasteiger partial charge in [0.1, 0.15) is 24.4 Å². The summed E-state index contributed by atoms with van der Waals surface area (Å²) in [4.78, 5) is 85.3. The number of alkyl halides is 2. The molecule has 0 radical (unpaired) electrons. The molecule has 0 aromatic carbocycles. The molecule has 2 aliphatic heterocycles. The monoisotopic (exact) mass is 680 g/mol. The average molecular weight is 681 g/mol. The predicted molar refractivity (Wildman–Crippen MR) is 132 cm³/mol. The summed E-state index contributed by atoms with van der Waals surface area (Å²) < 4.78 is 92.7. The standard InChI is InChI=1S/C26H26F2O17S/c27-26(28,46(36,37)38)25(35)41-14(24(34)40-7-17(31)43-19-9-2-11-13(4-9)23(33)45-21(11)19)5-15(29)39-6-16(30)42-18-8-1-10-12(3-8)22(32)44-20(10)18/h8-14,18-21H,1-7H2,(H,36,37,38). The average Bonchev–Trinajstić information content (AvgIpc) is 3.79. The van der Waals surface area contributed by atoms with Gasteiger partial charge in [0.25, 0.3) is 0 Å². The number of carbonyl (C=O) groups excluding carboxylic acids is 7. The maximum Gasteiger partial charge on any atom is 0.465 e. The summed E-state index contributed by atoms with van der Waals surface area (Å²) >= 11 is 0. The van der Waals surface area contributed by atoms with Crippen molar-refractivity contribution in [3.05, 3.63) is 0 Å². The molecule has 0 amide bonds. The lowest BCUT2D eigenvalue weighted by molar-refractivity contribution is -0.185. The molecule has 0 aromatic rings. The lowest BCUT2D eigenvalue weighted by atomic mass is 9.88. The Labute approximate surface area is 257 Å². The fraction of sp³-hybridized carbons (Fsp3) is 0.731. The molecule has 17 nitrogen and oxygen atoms in total. The molecule has 6 aliphatic rings. The molecule has 4 saturated carbocycles. The largest absolute Gasteiger partial charge is 0.465 e. The summed E-state index contributed by atoms with van der Waals surface area (Å²) in [6.07, 6.45) is -4.89. The van der Waals surface area contributed by atoms with Gasteiger partial charge in [0.15, 0.2) is 13.2 Å². The minimum absolute atomic E-state index is 0.0988. The van der Waals surface area contributed by atoms with Crippen LogP contribution in [0.2, 0.25) is 0 Å². The Morgan fingerprint density at radius 1 is 0.804 bits per heavy atom. The summed E-state index contributed by atoms with van der Waals surface area (Å²) in [6.45, 7) is -2.24. The van der Waals surface area contributed by atoms with Crippen LogP contribution in [0.3, 0.4) is 0 Å². The SMILES string of the molecule is O=C(CC(OC(=O)C(F)(F)S(=O)(=O)O)C(=O)OCC(=O)OC1C2CC3C(=O)OC1C3C2)OCC(=O)OC1C2CC3C(=O)OC1C3C2. The fourth-order valence-corrected chi connectivity index (χ4v) is 7.81. The number of carbonyl (C=O) groups is 7. The zero-order chi connectivity index (χ0) is 33.3. The number of hydrogen-bond acceptors (Lipinski definition) is 16. The summed E-state index contributed by atoms with van der Waals surface area (Å²) in [5.74, 6) is -10.4. The topological polar surface area (TPSA) is 238 Å². The van der Waals surface area contributed by atoms with Crippen molar-refractivity contribution in [3.63, 3.8) is 0 Å². The van der Waals surface area contributed by atoms with Crippen molar-refractivity contribution < 1.29 is 88.5 Å². The van der Waals surface area contributed by atoms with E-state index in [0.717, 1.165) is 0 Å². The second-order valence-corrected chi connectivity index (χ2v) is 13.5. The molecular weight excluding hydrogens is 654 g/mol. The minimum Gasteiger partial charge on any atom is -0.458 e. The molecule has 0 aromatic heterocycles. The third-order valence-electron chi connectivity index (χ3n) is 9.47. The van der Waals surface area contributed by atoms with Gasteiger partial charge >= 0.3 is 57.2 Å². The van der Waals surface area contributed by atoms with Gasteiger partial charge in [0, 0.05) is 23.7 Å². The van der Waals surface area contributed by atoms with E-state index >= 15 is 0 Å². The molecule has 11 unspecified atom stereocenters. The summed E-state index contributed by atoms with van der Waals surface area (Å²) in [6, 6.07) is 0. The van der Waals surface area contributed by atoms with Crippen LogP contribution in [0.4, 0.5) is 8.78 Å². The first kappa shape index (κ1) is 32.0. The zero-order valence-electron chi connectivity index (χ0n) is 23.4. The fourth-order valence-electron chi connectivity index (χ4n) is 7.55. The third-order valence-corrected chi connectivity index (χ3v) is 10.3. The van der Waals surface area contributed by atoms with E-state index in [0.29, 0.717) is 25.7 Å². The van der Waals surface area contributed by atoms with E-state index in [1.165, 1.54) is 0 Å². The van der Waals surface area contributed by atoms with Gasteiger partial charge in [0.05, 0.1) is 18.3 Å². The quantitative estimate of drug-likeness (QED) is 0.145. The lowest BCUT2D eigenvalue weighted by Crippen LogP contribution is -2.43. The summed E-state index contributed by atoms with van der Waals surface area (Å²) in [5, 5.41) is -5.57. The van der Waals surface area contributed by atoms with Gasteiger partial charge in [-0.15, -0.1) is 0 Å². The van der Waals surface area contributed by atoms with Crippen LogP contribution in [0, 0.1) is 35.5 Å². The van der Waals surface area contributed by atoms with E-state index in [-0.39, 0.29) is 41.5 Å². The highest BCUT2D eigenvalue weighted by molar-refractivity contribution is 7.87. The van der Waals surface area contributed by atoms with Gasteiger partial charge in [-0.05, 0) is 25.7 Å². The molecule has 2 saturated heterocycles. The second kappa shape index (κ2) is 11.4. The highest BCUT2D eigenvalue weighted by atomic mass is 32.2. The molecule has 11 atom stereocenters. The number of halogens is 2. The van der Waals surface area contributed by atoms with E-state index in [1.54, 1.807) is 0 Å². The maximum atomic E-state index is 13.8. The van der Waals surface area contributed by atoms with Crippen LogP contribution >= 0.6 is 0 Å². The normalized spacial score (nSPS) is 35.3. The van der Waals surface area contributed by atoms with Crippen molar-refractivity contribution in [2.24, 2.45) is 35.5 Å². The minimum atomic E-state index is -6.38. The Kier molecular flexibility index (Phi) is 7.93. The third kappa shape index (κ3) is 5.54. The Hall–Kier alpha value is -3.94. The van der Waals surface area contributed by atoms with Crippen molar-refractivity contribution in [1.29, 1.82) is 0 Å². The van der Waals surface area contributed by atoms with Crippen LogP contribution in [-0.2, 0) is 76.8 Å². The van der Waals surface area contributed by atoms with Crippen LogP contribution in [0.1, 0.15) is 32.1 Å². The van der Waals surface area contributed by atoms with Crippen LogP contribution in [0.5, 0.6) is 0 Å². The van der Waals surface area contributed by atoms with Crippen molar-refractivity contribution in [1.82, 2.24) is 0 Å². The number of esters is 7. The van der Waals surface area contributed by atoms with Crippen molar-refractivity contribution in [3.8, 4) is 0 Å². The molecule has 4 bridgehead atoms. The van der Waals surface area contributed by atoms with Gasteiger partial charge in [-0.1, -0.05) is 0 Å². The van der Waals surface area contributed by atoms with E-state index in [9.17, 15) is 50.8 Å². The molecule has 6 rings (SSSR count). The number of rotatable bonds is 12. The Morgan fingerprint density at radius 2 is 1.28 bits per heavy atom.